The number of aryl methyl sites for hydroxylation is 4. The first-order valence-corrected chi connectivity index (χ1v) is 15.7. The van der Waals surface area contributed by atoms with E-state index in [9.17, 15) is 0 Å². The Labute approximate surface area is 249 Å². The molecule has 206 valence electrons. The fourth-order valence-electron chi connectivity index (χ4n) is 7.26. The fraction of sp³-hybridized carbons (Fsp3) is 0.190. The summed E-state index contributed by atoms with van der Waals surface area (Å²) >= 11 is 0. The molecule has 0 unspecified atom stereocenters. The Morgan fingerprint density at radius 1 is 0.310 bits per heavy atom. The van der Waals surface area contributed by atoms with Crippen molar-refractivity contribution in [2.75, 3.05) is 0 Å². The van der Waals surface area contributed by atoms with Crippen LogP contribution in [-0.4, -0.2) is 0 Å². The molecule has 0 bridgehead atoms. The molecule has 0 aliphatic rings. The smallest absolute Gasteiger partial charge is 0.00204 e. The van der Waals surface area contributed by atoms with Crippen molar-refractivity contribution in [3.63, 3.8) is 0 Å². The molecule has 0 amide bonds. The Hall–Kier alpha value is -4.42. The highest BCUT2D eigenvalue weighted by Gasteiger charge is 2.23. The summed E-state index contributed by atoms with van der Waals surface area (Å²) in [6.45, 7) is 9.19. The summed E-state index contributed by atoms with van der Waals surface area (Å²) in [5.41, 5.74) is 11.3. The van der Waals surface area contributed by atoms with Gasteiger partial charge in [-0.1, -0.05) is 113 Å². The van der Waals surface area contributed by atoms with Gasteiger partial charge < -0.3 is 0 Å². The first-order valence-electron chi connectivity index (χ1n) is 15.7. The summed E-state index contributed by atoms with van der Waals surface area (Å²) in [6.07, 6.45) is 4.03. The summed E-state index contributed by atoms with van der Waals surface area (Å²) in [6, 6.07) is 41.5. The molecule has 0 atom stereocenters. The summed E-state index contributed by atoms with van der Waals surface area (Å²) in [7, 11) is 0. The zero-order valence-electron chi connectivity index (χ0n) is 25.2. The summed E-state index contributed by atoms with van der Waals surface area (Å²) in [5, 5.41) is 10.6. The van der Waals surface area contributed by atoms with Crippen LogP contribution >= 0.6 is 0 Å². The molecule has 0 aliphatic carbocycles. The van der Waals surface area contributed by atoms with Gasteiger partial charge in [-0.2, -0.15) is 0 Å². The summed E-state index contributed by atoms with van der Waals surface area (Å²) in [4.78, 5) is 0. The molecule has 42 heavy (non-hydrogen) atoms. The van der Waals surface area contributed by atoms with Crippen LogP contribution in [0, 0.1) is 0 Å². The van der Waals surface area contributed by atoms with Crippen molar-refractivity contribution in [2.24, 2.45) is 0 Å². The van der Waals surface area contributed by atoms with E-state index in [-0.39, 0.29) is 0 Å². The number of rotatable bonds is 6. The van der Waals surface area contributed by atoms with Crippen LogP contribution in [0.4, 0.5) is 0 Å². The topological polar surface area (TPSA) is 0 Å². The van der Waals surface area contributed by atoms with Crippen molar-refractivity contribution < 1.29 is 0 Å². The van der Waals surface area contributed by atoms with Gasteiger partial charge in [0, 0.05) is 0 Å². The molecule has 0 nitrogen and oxygen atoms in total. The lowest BCUT2D eigenvalue weighted by Gasteiger charge is -2.24. The van der Waals surface area contributed by atoms with Gasteiger partial charge >= 0.3 is 0 Å². The molecule has 0 saturated heterocycles. The van der Waals surface area contributed by atoms with Crippen LogP contribution in [0.25, 0.3) is 65.3 Å². The zero-order valence-corrected chi connectivity index (χ0v) is 25.2. The molecule has 0 radical (unpaired) electrons. The van der Waals surface area contributed by atoms with E-state index < -0.39 is 0 Å². The van der Waals surface area contributed by atoms with Crippen LogP contribution in [0.5, 0.6) is 0 Å². The predicted octanol–water partition coefficient (Wildman–Crippen LogP) is 11.9. The Morgan fingerprint density at radius 2 is 0.571 bits per heavy atom. The highest BCUT2D eigenvalue weighted by atomic mass is 14.3. The number of hydrogen-bond donors (Lipinski definition) is 0. The quantitative estimate of drug-likeness (QED) is 0.183. The third kappa shape index (κ3) is 4.12. The lowest BCUT2D eigenvalue weighted by molar-refractivity contribution is 1.09. The average molecular weight is 543 g/mol. The van der Waals surface area contributed by atoms with Crippen LogP contribution in [-0.2, 0) is 25.7 Å². The standard InChI is InChI=1S/C42H38/c1-5-27-19-13-20-28(6-2)39(27)41-35-23-31-15-9-11-17-33(31)25-37(35)42(40-29(7-3)21-14-22-30(40)8-4)38-26-34-18-12-10-16-32(34)24-36(38)41/h9-26H,5-8H2,1-4H3. The monoisotopic (exact) mass is 542 g/mol. The number of hydrogen-bond acceptors (Lipinski definition) is 0. The van der Waals surface area contributed by atoms with Crippen molar-refractivity contribution in [3.05, 3.63) is 131 Å². The molecule has 7 aromatic rings. The highest BCUT2D eigenvalue weighted by Crippen LogP contribution is 2.49. The van der Waals surface area contributed by atoms with Gasteiger partial charge in [-0.25, -0.2) is 0 Å². The van der Waals surface area contributed by atoms with Crippen molar-refractivity contribution in [3.8, 4) is 22.3 Å². The summed E-state index contributed by atoms with van der Waals surface area (Å²) in [5.74, 6) is 0. The van der Waals surface area contributed by atoms with Gasteiger partial charge in [0.05, 0.1) is 0 Å². The molecule has 7 aromatic carbocycles. The molecule has 0 aliphatic heterocycles. The van der Waals surface area contributed by atoms with E-state index in [0.29, 0.717) is 0 Å². The van der Waals surface area contributed by atoms with Crippen LogP contribution in [0.15, 0.2) is 109 Å². The van der Waals surface area contributed by atoms with Gasteiger partial charge in [0.2, 0.25) is 0 Å². The van der Waals surface area contributed by atoms with Gasteiger partial charge in [0.1, 0.15) is 0 Å². The third-order valence-corrected chi connectivity index (χ3v) is 9.35. The van der Waals surface area contributed by atoms with Crippen molar-refractivity contribution >= 4 is 43.1 Å². The second-order valence-corrected chi connectivity index (χ2v) is 11.6. The molecule has 0 N–H and O–H groups in total. The maximum atomic E-state index is 2.48. The molecule has 0 aromatic heterocycles. The second kappa shape index (κ2) is 10.8. The van der Waals surface area contributed by atoms with Gasteiger partial charge in [0.15, 0.2) is 0 Å². The minimum atomic E-state index is 1.01. The van der Waals surface area contributed by atoms with Gasteiger partial charge in [-0.05, 0) is 138 Å². The van der Waals surface area contributed by atoms with E-state index in [1.54, 1.807) is 0 Å². The molecular formula is C42H38. The normalized spacial score (nSPS) is 11.7. The Morgan fingerprint density at radius 3 is 0.810 bits per heavy atom. The van der Waals surface area contributed by atoms with Crippen molar-refractivity contribution in [1.29, 1.82) is 0 Å². The molecule has 0 heteroatoms. The summed E-state index contributed by atoms with van der Waals surface area (Å²) < 4.78 is 0. The van der Waals surface area contributed by atoms with Gasteiger partial charge in [0.25, 0.3) is 0 Å². The lowest BCUT2D eigenvalue weighted by atomic mass is 9.79. The molecule has 0 fully saturated rings. The minimum absolute atomic E-state index is 1.01. The average Bonchev–Trinajstić information content (AvgIpc) is 3.04. The fourth-order valence-corrected chi connectivity index (χ4v) is 7.26. The molecule has 0 saturated carbocycles. The van der Waals surface area contributed by atoms with Gasteiger partial charge in [-0.15, -0.1) is 0 Å². The Bertz CT molecular complexity index is 1830. The van der Waals surface area contributed by atoms with E-state index in [2.05, 4.69) is 137 Å². The van der Waals surface area contributed by atoms with Crippen LogP contribution < -0.4 is 0 Å². The third-order valence-electron chi connectivity index (χ3n) is 9.35. The van der Waals surface area contributed by atoms with E-state index in [1.165, 1.54) is 87.6 Å². The first-order chi connectivity index (χ1) is 20.7. The maximum absolute atomic E-state index is 2.48. The zero-order chi connectivity index (χ0) is 28.8. The second-order valence-electron chi connectivity index (χ2n) is 11.6. The first kappa shape index (κ1) is 26.5. The van der Waals surface area contributed by atoms with Gasteiger partial charge in [-0.3, -0.25) is 0 Å². The highest BCUT2D eigenvalue weighted by molar-refractivity contribution is 6.26. The van der Waals surface area contributed by atoms with E-state index in [0.717, 1.165) is 25.7 Å². The maximum Gasteiger partial charge on any atom is -0.00204 e. The molecule has 0 spiro atoms. The Kier molecular flexibility index (Phi) is 6.79. The SMILES string of the molecule is CCc1cccc(CC)c1-c1c2cc3ccccc3cc2c(-c2c(CC)cccc2CC)c2cc3ccccc3cc12. The Balaban J connectivity index is 1.82. The van der Waals surface area contributed by atoms with E-state index >= 15 is 0 Å². The van der Waals surface area contributed by atoms with Crippen LogP contribution in [0.3, 0.4) is 0 Å². The molecular weight excluding hydrogens is 504 g/mol. The predicted molar refractivity (Wildman–Crippen MR) is 185 cm³/mol. The van der Waals surface area contributed by atoms with Crippen molar-refractivity contribution in [1.82, 2.24) is 0 Å². The van der Waals surface area contributed by atoms with Crippen LogP contribution in [0.1, 0.15) is 49.9 Å². The molecule has 0 heterocycles. The van der Waals surface area contributed by atoms with Crippen molar-refractivity contribution in [2.45, 2.75) is 53.4 Å². The number of fused-ring (bicyclic) bond motifs is 4. The molecule has 7 rings (SSSR count). The lowest BCUT2D eigenvalue weighted by Crippen LogP contribution is -2.00. The van der Waals surface area contributed by atoms with E-state index in [4.69, 9.17) is 0 Å². The largest absolute Gasteiger partial charge is 0.0617 e. The number of benzene rings is 7. The minimum Gasteiger partial charge on any atom is -0.0617 e. The van der Waals surface area contributed by atoms with E-state index in [1.807, 2.05) is 0 Å². The van der Waals surface area contributed by atoms with Crippen LogP contribution in [0.2, 0.25) is 0 Å².